The Balaban J connectivity index is 0.894. The number of hydrogen-bond acceptors (Lipinski definition) is 10. The van der Waals surface area contributed by atoms with Crippen molar-refractivity contribution in [2.75, 3.05) is 38.0 Å². The molecule has 1 atom stereocenters. The number of rotatable bonds is 9. The van der Waals surface area contributed by atoms with Crippen molar-refractivity contribution in [3.63, 3.8) is 0 Å². The summed E-state index contributed by atoms with van der Waals surface area (Å²) in [6, 6.07) is 11.5. The predicted octanol–water partition coefficient (Wildman–Crippen LogP) is 5.29. The summed E-state index contributed by atoms with van der Waals surface area (Å²) in [5.74, 6) is 0.822. The van der Waals surface area contributed by atoms with Crippen LogP contribution in [0, 0.1) is 0 Å². The van der Waals surface area contributed by atoms with Crippen LogP contribution in [-0.2, 0) is 13.9 Å². The van der Waals surface area contributed by atoms with E-state index in [0.717, 1.165) is 43.3 Å². The summed E-state index contributed by atoms with van der Waals surface area (Å²) in [6.07, 6.45) is 12.5. The van der Waals surface area contributed by atoms with Gasteiger partial charge in [-0.15, -0.1) is 11.3 Å². The zero-order valence-electron chi connectivity index (χ0n) is 25.9. The molecule has 4 aromatic heterocycles. The van der Waals surface area contributed by atoms with Gasteiger partial charge in [0.05, 0.1) is 28.8 Å². The van der Waals surface area contributed by atoms with E-state index < -0.39 is 5.60 Å². The first-order valence-electron chi connectivity index (χ1n) is 16.0. The first-order valence-corrected chi connectivity index (χ1v) is 17.1. The zero-order valence-corrected chi connectivity index (χ0v) is 27.5. The van der Waals surface area contributed by atoms with Crippen molar-refractivity contribution in [3.8, 4) is 22.0 Å². The molecule has 1 saturated heterocycles. The Kier molecular flexibility index (Phi) is 8.20. The van der Waals surface area contributed by atoms with Crippen LogP contribution in [0.25, 0.3) is 38.4 Å². The standard InChI is InChI=1S/C34H32ClN9O3S/c35-47-34(33(46)40-24-4-5-26-25(17-24)30(42-41-26)23-6-12-36-27(16-23)21-2-3-21)9-15-43(20-34)19-29(45)44-13-7-22(8-14-44)32-39-18-28(48-32)31-37-10-1-11-38-31/h1,4-7,10-12,16-18,21H,2-3,8-9,13-15,19-20H2,(H,40,46)(H,41,42)/t34-/m0/s1. The van der Waals surface area contributed by atoms with E-state index in [1.54, 1.807) is 36.0 Å². The molecule has 2 fully saturated rings. The number of nitrogens with zero attached hydrogens (tertiary/aromatic N) is 7. The molecule has 0 unspecified atom stereocenters. The molecule has 2 amide bonds. The van der Waals surface area contributed by atoms with Crippen LogP contribution >= 0.6 is 23.2 Å². The van der Waals surface area contributed by atoms with E-state index in [-0.39, 0.29) is 24.9 Å². The first-order chi connectivity index (χ1) is 23.5. The summed E-state index contributed by atoms with van der Waals surface area (Å²) in [7, 11) is 0. The maximum Gasteiger partial charge on any atom is 0.259 e. The van der Waals surface area contributed by atoms with Gasteiger partial charge >= 0.3 is 0 Å². The van der Waals surface area contributed by atoms with E-state index in [1.165, 1.54) is 12.8 Å². The van der Waals surface area contributed by atoms with Gasteiger partial charge in [0, 0.05) is 85.6 Å². The number of nitrogens with one attached hydrogen (secondary N) is 2. The van der Waals surface area contributed by atoms with Crippen LogP contribution < -0.4 is 5.32 Å². The molecule has 8 rings (SSSR count). The molecule has 1 saturated carbocycles. The quantitative estimate of drug-likeness (QED) is 0.212. The molecular formula is C34H32ClN9O3S. The van der Waals surface area contributed by atoms with Gasteiger partial charge in [-0.05, 0) is 61.2 Å². The minimum atomic E-state index is -1.29. The highest BCUT2D eigenvalue weighted by molar-refractivity contribution is 7.16. The van der Waals surface area contributed by atoms with Crippen LogP contribution in [0.15, 0.2) is 67.3 Å². The molecule has 244 valence electrons. The minimum absolute atomic E-state index is 0.00696. The molecular weight excluding hydrogens is 650 g/mol. The Morgan fingerprint density at radius 3 is 2.75 bits per heavy atom. The average Bonchev–Trinajstić information content (AvgIpc) is 3.49. The monoisotopic (exact) mass is 681 g/mol. The van der Waals surface area contributed by atoms with Gasteiger partial charge in [0.15, 0.2) is 11.4 Å². The molecule has 1 aromatic carbocycles. The van der Waals surface area contributed by atoms with Gasteiger partial charge in [-0.25, -0.2) is 15.0 Å². The number of hydrogen-bond donors (Lipinski definition) is 2. The van der Waals surface area contributed by atoms with Gasteiger partial charge in [0.25, 0.3) is 5.91 Å². The molecule has 0 bridgehead atoms. The highest BCUT2D eigenvalue weighted by Gasteiger charge is 2.47. The van der Waals surface area contributed by atoms with Crippen LogP contribution in [0.1, 0.15) is 42.3 Å². The maximum absolute atomic E-state index is 13.6. The molecule has 14 heteroatoms. The Morgan fingerprint density at radius 2 is 1.96 bits per heavy atom. The largest absolute Gasteiger partial charge is 0.338 e. The Bertz CT molecular complexity index is 2030. The lowest BCUT2D eigenvalue weighted by Crippen LogP contribution is -2.47. The van der Waals surface area contributed by atoms with Crippen molar-refractivity contribution in [3.05, 3.63) is 78.0 Å². The number of likely N-dealkylation sites (tertiary alicyclic amines) is 1. The van der Waals surface area contributed by atoms with E-state index in [9.17, 15) is 9.59 Å². The van der Waals surface area contributed by atoms with E-state index >= 15 is 0 Å². The zero-order chi connectivity index (χ0) is 32.7. The summed E-state index contributed by atoms with van der Waals surface area (Å²) in [5.41, 5.74) is 4.16. The molecule has 12 nitrogen and oxygen atoms in total. The van der Waals surface area contributed by atoms with Gasteiger partial charge in [0.1, 0.15) is 10.7 Å². The number of benzene rings is 1. The molecule has 6 heterocycles. The Labute approximate surface area is 285 Å². The number of H-pyrrole nitrogens is 1. The summed E-state index contributed by atoms with van der Waals surface area (Å²) < 4.78 is 5.34. The summed E-state index contributed by atoms with van der Waals surface area (Å²) in [6.45, 7) is 1.96. The number of halogens is 1. The summed E-state index contributed by atoms with van der Waals surface area (Å²) in [5, 5.41) is 12.5. The van der Waals surface area contributed by atoms with Crippen LogP contribution in [0.3, 0.4) is 0 Å². The molecule has 0 radical (unpaired) electrons. The number of carbonyl (C=O) groups excluding carboxylic acids is 2. The highest BCUT2D eigenvalue weighted by atomic mass is 35.5. The molecule has 48 heavy (non-hydrogen) atoms. The van der Waals surface area contributed by atoms with E-state index in [0.29, 0.717) is 49.9 Å². The smallest absolute Gasteiger partial charge is 0.259 e. The van der Waals surface area contributed by atoms with Gasteiger partial charge in [0.2, 0.25) is 5.91 Å². The number of thiazole rings is 1. The van der Waals surface area contributed by atoms with Crippen molar-refractivity contribution < 1.29 is 13.9 Å². The Hall–Kier alpha value is -4.56. The second-order valence-electron chi connectivity index (χ2n) is 12.5. The molecule has 2 N–H and O–H groups in total. The fourth-order valence-electron chi connectivity index (χ4n) is 6.36. The third kappa shape index (κ3) is 6.10. The Morgan fingerprint density at radius 1 is 1.08 bits per heavy atom. The predicted molar refractivity (Wildman–Crippen MR) is 183 cm³/mol. The number of carbonyl (C=O) groups is 2. The first kappa shape index (κ1) is 30.8. The summed E-state index contributed by atoms with van der Waals surface area (Å²) in [4.78, 5) is 49.3. The lowest BCUT2D eigenvalue weighted by molar-refractivity contribution is -0.133. The van der Waals surface area contributed by atoms with Crippen LogP contribution in [0.2, 0.25) is 0 Å². The number of fused-ring (bicyclic) bond motifs is 1. The number of pyridine rings is 1. The SMILES string of the molecule is O=C(CN1CC[C@@](OCl)(C(=O)Nc2ccc3[nH]nc(-c4ccnc(C5CC5)c4)c3c2)C1)N1CC=C(c2ncc(-c3ncccn3)s2)CC1. The lowest BCUT2D eigenvalue weighted by atomic mass is 10.0. The van der Waals surface area contributed by atoms with Crippen molar-refractivity contribution >= 4 is 57.2 Å². The van der Waals surface area contributed by atoms with Crippen molar-refractivity contribution in [1.82, 2.24) is 39.9 Å². The second-order valence-corrected chi connectivity index (χ2v) is 13.7. The van der Waals surface area contributed by atoms with Gasteiger partial charge in [-0.3, -0.25) is 28.9 Å². The normalized spacial score (nSPS) is 19.9. The fourth-order valence-corrected chi connectivity index (χ4v) is 7.49. The molecule has 5 aromatic rings. The fraction of sp³-hybridized carbons (Fsp3) is 0.324. The van der Waals surface area contributed by atoms with Crippen molar-refractivity contribution in [2.24, 2.45) is 0 Å². The molecule has 3 aliphatic rings. The van der Waals surface area contributed by atoms with Crippen molar-refractivity contribution in [1.29, 1.82) is 0 Å². The number of aromatic nitrogens is 6. The number of anilines is 1. The summed E-state index contributed by atoms with van der Waals surface area (Å²) >= 11 is 7.55. The van der Waals surface area contributed by atoms with E-state index in [4.69, 9.17) is 16.2 Å². The van der Waals surface area contributed by atoms with E-state index in [2.05, 4.69) is 47.6 Å². The van der Waals surface area contributed by atoms with Crippen LogP contribution in [-0.4, -0.2) is 90.1 Å². The van der Waals surface area contributed by atoms with Crippen molar-refractivity contribution in [2.45, 2.75) is 37.2 Å². The number of amides is 2. The average molecular weight is 682 g/mol. The molecule has 1 aliphatic carbocycles. The second kappa shape index (κ2) is 12.8. The number of aromatic amines is 1. The minimum Gasteiger partial charge on any atom is -0.338 e. The molecule has 2 aliphatic heterocycles. The topological polar surface area (TPSA) is 142 Å². The highest BCUT2D eigenvalue weighted by Crippen LogP contribution is 2.40. The van der Waals surface area contributed by atoms with Gasteiger partial charge in [-0.2, -0.15) is 5.10 Å². The van der Waals surface area contributed by atoms with Gasteiger partial charge < -0.3 is 10.2 Å². The third-order valence-corrected chi connectivity index (χ3v) is 10.6. The van der Waals surface area contributed by atoms with Crippen LogP contribution in [0.5, 0.6) is 0 Å². The van der Waals surface area contributed by atoms with Gasteiger partial charge in [-0.1, -0.05) is 6.08 Å². The maximum atomic E-state index is 13.6. The van der Waals surface area contributed by atoms with E-state index in [1.807, 2.05) is 40.3 Å². The van der Waals surface area contributed by atoms with Crippen LogP contribution in [0.4, 0.5) is 5.69 Å². The third-order valence-electron chi connectivity index (χ3n) is 9.23. The molecule has 0 spiro atoms. The lowest BCUT2D eigenvalue weighted by Gasteiger charge is -2.29.